The summed E-state index contributed by atoms with van der Waals surface area (Å²) >= 11 is 0. The highest BCUT2D eigenvalue weighted by atomic mass is 16.3. The van der Waals surface area contributed by atoms with Gasteiger partial charge in [0.2, 0.25) is 5.78 Å². The molecule has 146 valence electrons. The van der Waals surface area contributed by atoms with E-state index in [1.54, 1.807) is 35.5 Å². The van der Waals surface area contributed by atoms with Crippen molar-refractivity contribution < 1.29 is 19.1 Å². The number of rotatable bonds is 4. The number of para-hydroxylation sites is 1. The molecule has 2 aromatic heterocycles. The van der Waals surface area contributed by atoms with Crippen molar-refractivity contribution in [2.75, 3.05) is 0 Å². The lowest BCUT2D eigenvalue weighted by Gasteiger charge is -2.31. The molecule has 1 aromatic carbocycles. The van der Waals surface area contributed by atoms with E-state index in [1.807, 2.05) is 24.3 Å². The zero-order valence-corrected chi connectivity index (χ0v) is 15.7. The van der Waals surface area contributed by atoms with Crippen LogP contribution in [0.2, 0.25) is 0 Å². The molecule has 0 spiro atoms. The lowest BCUT2D eigenvalue weighted by atomic mass is 9.95. The minimum atomic E-state index is -0.667. The lowest BCUT2D eigenvalue weighted by molar-refractivity contribution is -0.131. The monoisotopic (exact) mass is 388 g/mol. The number of furan rings is 1. The lowest BCUT2D eigenvalue weighted by Crippen LogP contribution is -2.38. The summed E-state index contributed by atoms with van der Waals surface area (Å²) in [6, 6.07) is 11.9. The van der Waals surface area contributed by atoms with Crippen molar-refractivity contribution in [2.24, 2.45) is 0 Å². The molecule has 29 heavy (non-hydrogen) atoms. The second kappa shape index (κ2) is 6.88. The standard InChI is InChI=1S/C23H20N2O4/c26-21(18-12-14-6-1-4-10-17(14)29-18)19-20(15-7-5-11-24-13-15)25(23(28)22(19)27)16-8-2-3-9-16/h1,4-7,10-13,16,20,27H,2-3,8-9H2. The molecule has 6 heteroatoms. The first kappa shape index (κ1) is 17.7. The van der Waals surface area contributed by atoms with Gasteiger partial charge in [-0.3, -0.25) is 14.6 Å². The van der Waals surface area contributed by atoms with Crippen molar-refractivity contribution in [1.29, 1.82) is 0 Å². The van der Waals surface area contributed by atoms with Gasteiger partial charge in [-0.1, -0.05) is 37.1 Å². The molecule has 3 aromatic rings. The molecule has 1 saturated carbocycles. The first-order chi connectivity index (χ1) is 14.1. The van der Waals surface area contributed by atoms with E-state index in [-0.39, 0.29) is 17.4 Å². The number of pyridine rings is 1. The Labute approximate surface area is 167 Å². The van der Waals surface area contributed by atoms with Gasteiger partial charge in [-0.25, -0.2) is 0 Å². The van der Waals surface area contributed by atoms with Crippen molar-refractivity contribution in [1.82, 2.24) is 9.88 Å². The molecule has 3 heterocycles. The SMILES string of the molecule is O=C(C1=C(O)C(=O)N(C2CCCC2)C1c1cccnc1)c1cc2ccccc2o1. The average molecular weight is 388 g/mol. The van der Waals surface area contributed by atoms with Gasteiger partial charge in [0.15, 0.2) is 11.5 Å². The molecule has 0 radical (unpaired) electrons. The van der Waals surface area contributed by atoms with E-state index in [9.17, 15) is 14.7 Å². The highest BCUT2D eigenvalue weighted by molar-refractivity contribution is 6.16. The van der Waals surface area contributed by atoms with Crippen LogP contribution in [0.25, 0.3) is 11.0 Å². The normalized spacial score (nSPS) is 20.2. The Bertz CT molecular complexity index is 1090. The zero-order chi connectivity index (χ0) is 20.0. The minimum absolute atomic E-state index is 0.00386. The third kappa shape index (κ3) is 2.83. The number of carbonyl (C=O) groups is 2. The van der Waals surface area contributed by atoms with E-state index in [2.05, 4.69) is 4.98 Å². The van der Waals surface area contributed by atoms with Gasteiger partial charge in [0, 0.05) is 23.8 Å². The molecule has 1 N–H and O–H groups in total. The Balaban J connectivity index is 1.62. The fourth-order valence-corrected chi connectivity index (χ4v) is 4.51. The van der Waals surface area contributed by atoms with E-state index in [0.717, 1.165) is 31.1 Å². The summed E-state index contributed by atoms with van der Waals surface area (Å²) in [6.45, 7) is 0. The Morgan fingerprint density at radius 2 is 1.93 bits per heavy atom. The van der Waals surface area contributed by atoms with Gasteiger partial charge in [-0.2, -0.15) is 0 Å². The van der Waals surface area contributed by atoms with Crippen LogP contribution in [-0.2, 0) is 4.79 Å². The van der Waals surface area contributed by atoms with E-state index in [1.165, 1.54) is 0 Å². The van der Waals surface area contributed by atoms with Gasteiger partial charge in [0.25, 0.3) is 5.91 Å². The number of nitrogens with zero attached hydrogens (tertiary/aromatic N) is 2. The highest BCUT2D eigenvalue weighted by Crippen LogP contribution is 2.43. The number of Topliss-reactive ketones (excluding diaryl/α,β-unsaturated/α-hetero) is 1. The van der Waals surface area contributed by atoms with Crippen LogP contribution >= 0.6 is 0 Å². The predicted octanol–water partition coefficient (Wildman–Crippen LogP) is 4.35. The fourth-order valence-electron chi connectivity index (χ4n) is 4.51. The maximum atomic E-state index is 13.4. The first-order valence-corrected chi connectivity index (χ1v) is 9.84. The van der Waals surface area contributed by atoms with Crippen LogP contribution in [0.15, 0.2) is 70.6 Å². The van der Waals surface area contributed by atoms with Crippen LogP contribution in [0.1, 0.15) is 47.8 Å². The van der Waals surface area contributed by atoms with E-state index >= 15 is 0 Å². The maximum absolute atomic E-state index is 13.4. The Kier molecular flexibility index (Phi) is 4.19. The topological polar surface area (TPSA) is 83.6 Å². The van der Waals surface area contributed by atoms with Gasteiger partial charge in [0.1, 0.15) is 5.58 Å². The van der Waals surface area contributed by atoms with Gasteiger partial charge in [-0.05, 0) is 36.6 Å². The number of aliphatic hydroxyl groups is 1. The fraction of sp³-hybridized carbons (Fsp3) is 0.261. The van der Waals surface area contributed by atoms with Crippen LogP contribution in [0.3, 0.4) is 0 Å². The number of aliphatic hydroxyl groups excluding tert-OH is 1. The van der Waals surface area contributed by atoms with Crippen molar-refractivity contribution >= 4 is 22.7 Å². The van der Waals surface area contributed by atoms with Gasteiger partial charge in [0.05, 0.1) is 11.6 Å². The third-order valence-corrected chi connectivity index (χ3v) is 5.86. The molecule has 0 bridgehead atoms. The number of fused-ring (bicyclic) bond motifs is 1. The van der Waals surface area contributed by atoms with Crippen LogP contribution < -0.4 is 0 Å². The van der Waals surface area contributed by atoms with Crippen LogP contribution in [-0.4, -0.2) is 32.7 Å². The van der Waals surface area contributed by atoms with Gasteiger partial charge in [-0.15, -0.1) is 0 Å². The number of hydrogen-bond acceptors (Lipinski definition) is 5. The molecule has 1 fully saturated rings. The molecule has 0 saturated heterocycles. The highest BCUT2D eigenvalue weighted by Gasteiger charge is 2.47. The zero-order valence-electron chi connectivity index (χ0n) is 15.7. The minimum Gasteiger partial charge on any atom is -0.503 e. The average Bonchev–Trinajstić information content (AvgIpc) is 3.47. The number of ketones is 1. The van der Waals surface area contributed by atoms with E-state index < -0.39 is 23.5 Å². The predicted molar refractivity (Wildman–Crippen MR) is 106 cm³/mol. The summed E-state index contributed by atoms with van der Waals surface area (Å²) in [4.78, 5) is 32.2. The van der Waals surface area contributed by atoms with Gasteiger partial charge < -0.3 is 14.4 Å². The smallest absolute Gasteiger partial charge is 0.290 e. The molecule has 1 amide bonds. The summed E-state index contributed by atoms with van der Waals surface area (Å²) in [7, 11) is 0. The van der Waals surface area contributed by atoms with Crippen molar-refractivity contribution in [3.8, 4) is 0 Å². The molecule has 1 unspecified atom stereocenters. The Hall–Kier alpha value is -3.41. The number of hydrogen-bond donors (Lipinski definition) is 1. The molecule has 1 atom stereocenters. The molecule has 5 rings (SSSR count). The number of amides is 1. The van der Waals surface area contributed by atoms with Crippen molar-refractivity contribution in [3.05, 3.63) is 77.5 Å². The number of carbonyl (C=O) groups excluding carboxylic acids is 2. The summed E-state index contributed by atoms with van der Waals surface area (Å²) in [5.74, 6) is -1.34. The first-order valence-electron chi connectivity index (χ1n) is 9.84. The van der Waals surface area contributed by atoms with E-state index in [0.29, 0.717) is 11.1 Å². The van der Waals surface area contributed by atoms with Crippen molar-refractivity contribution in [2.45, 2.75) is 37.8 Å². The second-order valence-electron chi connectivity index (χ2n) is 7.58. The maximum Gasteiger partial charge on any atom is 0.290 e. The van der Waals surface area contributed by atoms with Crippen LogP contribution in [0.5, 0.6) is 0 Å². The van der Waals surface area contributed by atoms with Crippen LogP contribution in [0, 0.1) is 0 Å². The van der Waals surface area contributed by atoms with Crippen molar-refractivity contribution in [3.63, 3.8) is 0 Å². The number of benzene rings is 1. The van der Waals surface area contributed by atoms with Gasteiger partial charge >= 0.3 is 0 Å². The summed E-state index contributed by atoms with van der Waals surface area (Å²) in [5.41, 5.74) is 1.36. The van der Waals surface area contributed by atoms with E-state index in [4.69, 9.17) is 4.42 Å². The largest absolute Gasteiger partial charge is 0.503 e. The molecular weight excluding hydrogens is 368 g/mol. The molecule has 1 aliphatic heterocycles. The second-order valence-corrected chi connectivity index (χ2v) is 7.58. The Morgan fingerprint density at radius 1 is 1.14 bits per heavy atom. The third-order valence-electron chi connectivity index (χ3n) is 5.86. The molecule has 1 aliphatic carbocycles. The Morgan fingerprint density at radius 3 is 2.66 bits per heavy atom. The molecule has 6 nitrogen and oxygen atoms in total. The quantitative estimate of drug-likeness (QED) is 0.672. The molecular formula is C23H20N2O4. The summed E-state index contributed by atoms with van der Waals surface area (Å²) in [5, 5.41) is 11.5. The number of aromatic nitrogens is 1. The van der Waals surface area contributed by atoms with Crippen LogP contribution in [0.4, 0.5) is 0 Å². The molecule has 2 aliphatic rings. The summed E-state index contributed by atoms with van der Waals surface area (Å²) in [6.07, 6.45) is 7.07. The summed E-state index contributed by atoms with van der Waals surface area (Å²) < 4.78 is 5.73.